The van der Waals surface area contributed by atoms with Gasteiger partial charge in [-0.25, -0.2) is 8.42 Å². The molecular weight excluding hydrogens is 432 g/mol. The van der Waals surface area contributed by atoms with Crippen LogP contribution in [-0.4, -0.2) is 53.0 Å². The summed E-state index contributed by atoms with van der Waals surface area (Å²) < 4.78 is 42.7. The van der Waals surface area contributed by atoms with Crippen molar-refractivity contribution in [3.63, 3.8) is 0 Å². The monoisotopic (exact) mass is 462 g/mol. The maximum absolute atomic E-state index is 12.3. The van der Waals surface area contributed by atoms with Gasteiger partial charge in [0.25, 0.3) is 0 Å². The van der Waals surface area contributed by atoms with E-state index in [-0.39, 0.29) is 24.9 Å². The van der Waals surface area contributed by atoms with Crippen molar-refractivity contribution in [1.29, 1.82) is 0 Å². The van der Waals surface area contributed by atoms with Crippen molar-refractivity contribution in [3.05, 3.63) is 48.0 Å². The minimum absolute atomic E-state index is 0.152. The van der Waals surface area contributed by atoms with Gasteiger partial charge in [0.2, 0.25) is 15.9 Å². The number of carbonyl (C=O) groups excluding carboxylic acids is 1. The molecule has 32 heavy (non-hydrogen) atoms. The number of ether oxygens (including phenoxy) is 3. The highest BCUT2D eigenvalue weighted by Crippen LogP contribution is 2.34. The zero-order chi connectivity index (χ0) is 23.1. The molecule has 0 radical (unpaired) electrons. The second-order valence-electron chi connectivity index (χ2n) is 7.86. The Bertz CT molecular complexity index is 1020. The molecule has 174 valence electrons. The van der Waals surface area contributed by atoms with Gasteiger partial charge in [-0.05, 0) is 44.5 Å². The highest BCUT2D eigenvalue weighted by molar-refractivity contribution is 7.92. The van der Waals surface area contributed by atoms with Gasteiger partial charge in [0, 0.05) is 19.0 Å². The average molecular weight is 463 g/mol. The molecule has 8 nitrogen and oxygen atoms in total. The average Bonchev–Trinajstić information content (AvgIpc) is 2.75. The molecule has 0 fully saturated rings. The van der Waals surface area contributed by atoms with Crippen molar-refractivity contribution >= 4 is 21.6 Å². The number of nitrogens with zero attached hydrogens (tertiary/aromatic N) is 1. The van der Waals surface area contributed by atoms with Gasteiger partial charge in [-0.15, -0.1) is 0 Å². The second kappa shape index (κ2) is 10.6. The number of fused-ring (bicyclic) bond motifs is 1. The summed E-state index contributed by atoms with van der Waals surface area (Å²) in [6, 6.07) is 12.6. The van der Waals surface area contributed by atoms with E-state index in [0.717, 1.165) is 17.6 Å². The van der Waals surface area contributed by atoms with Gasteiger partial charge in [-0.2, -0.15) is 0 Å². The predicted octanol–water partition coefficient (Wildman–Crippen LogP) is 2.90. The molecule has 1 aliphatic rings. The van der Waals surface area contributed by atoms with Crippen LogP contribution in [-0.2, 0) is 14.8 Å². The Balaban J connectivity index is 1.49. The van der Waals surface area contributed by atoms with Gasteiger partial charge in [0.15, 0.2) is 11.5 Å². The summed E-state index contributed by atoms with van der Waals surface area (Å²) in [5.41, 5.74) is 1.63. The van der Waals surface area contributed by atoms with Crippen molar-refractivity contribution in [3.8, 4) is 17.2 Å². The fourth-order valence-electron chi connectivity index (χ4n) is 3.30. The molecule has 2 aromatic carbocycles. The van der Waals surface area contributed by atoms with Crippen molar-refractivity contribution < 1.29 is 27.4 Å². The van der Waals surface area contributed by atoms with Crippen LogP contribution in [0.4, 0.5) is 5.69 Å². The highest BCUT2D eigenvalue weighted by Gasteiger charge is 2.21. The fourth-order valence-corrected chi connectivity index (χ4v) is 4.26. The standard InChI is InChI=1S/C23H30N2O6S/c1-17-6-9-20(10-7-17)31-16-18(2)24-23(26)5-4-12-25(32(3,27)28)19-8-11-21-22(15-19)30-14-13-29-21/h6-11,15,18H,4-5,12-14,16H2,1-3H3,(H,24,26)/t18-/m0/s1. The van der Waals surface area contributed by atoms with E-state index in [0.29, 0.717) is 43.4 Å². The SMILES string of the molecule is Cc1ccc(OC[C@H](C)NC(=O)CCCN(c2ccc3c(c2)OCCO3)S(C)(=O)=O)cc1. The van der Waals surface area contributed by atoms with Gasteiger partial charge in [-0.3, -0.25) is 9.10 Å². The number of aryl methyl sites for hydroxylation is 1. The molecule has 2 aromatic rings. The lowest BCUT2D eigenvalue weighted by Gasteiger charge is -2.25. The first-order chi connectivity index (χ1) is 15.2. The van der Waals surface area contributed by atoms with Crippen LogP contribution >= 0.6 is 0 Å². The number of hydrogen-bond donors (Lipinski definition) is 1. The second-order valence-corrected chi connectivity index (χ2v) is 9.77. The van der Waals surface area contributed by atoms with Crippen molar-refractivity contribution in [2.24, 2.45) is 0 Å². The number of rotatable bonds is 10. The topological polar surface area (TPSA) is 94.2 Å². The minimum Gasteiger partial charge on any atom is -0.491 e. The fraction of sp³-hybridized carbons (Fsp3) is 0.435. The van der Waals surface area contributed by atoms with Crippen LogP contribution in [0.15, 0.2) is 42.5 Å². The Morgan fingerprint density at radius 2 is 1.81 bits per heavy atom. The zero-order valence-electron chi connectivity index (χ0n) is 18.7. The molecule has 0 bridgehead atoms. The largest absolute Gasteiger partial charge is 0.491 e. The molecule has 0 aliphatic carbocycles. The van der Waals surface area contributed by atoms with E-state index in [2.05, 4.69) is 5.32 Å². The van der Waals surface area contributed by atoms with Gasteiger partial charge >= 0.3 is 0 Å². The molecule has 1 amide bonds. The van der Waals surface area contributed by atoms with Crippen LogP contribution < -0.4 is 23.8 Å². The lowest BCUT2D eigenvalue weighted by atomic mass is 10.2. The van der Waals surface area contributed by atoms with Crippen LogP contribution in [0, 0.1) is 6.92 Å². The Morgan fingerprint density at radius 3 is 2.50 bits per heavy atom. The van der Waals surface area contributed by atoms with Crippen LogP contribution in [0.2, 0.25) is 0 Å². The third-order valence-electron chi connectivity index (χ3n) is 4.91. The Labute approximate surface area is 189 Å². The van der Waals surface area contributed by atoms with E-state index in [9.17, 15) is 13.2 Å². The van der Waals surface area contributed by atoms with Gasteiger partial charge < -0.3 is 19.5 Å². The normalized spacial score (nSPS) is 13.8. The Morgan fingerprint density at radius 1 is 1.12 bits per heavy atom. The molecule has 9 heteroatoms. The number of benzene rings is 2. The molecule has 1 aliphatic heterocycles. The third kappa shape index (κ3) is 6.78. The van der Waals surface area contributed by atoms with Crippen LogP contribution in [0.1, 0.15) is 25.3 Å². The summed E-state index contributed by atoms with van der Waals surface area (Å²) in [4.78, 5) is 12.3. The number of amides is 1. The first-order valence-corrected chi connectivity index (χ1v) is 12.4. The Kier molecular flexibility index (Phi) is 7.84. The van der Waals surface area contributed by atoms with Crippen LogP contribution in [0.3, 0.4) is 0 Å². The van der Waals surface area contributed by atoms with Crippen molar-refractivity contribution in [2.75, 3.05) is 36.9 Å². The lowest BCUT2D eigenvalue weighted by molar-refractivity contribution is -0.121. The molecular formula is C23H30N2O6S. The van der Waals surface area contributed by atoms with E-state index in [1.807, 2.05) is 38.1 Å². The highest BCUT2D eigenvalue weighted by atomic mass is 32.2. The summed E-state index contributed by atoms with van der Waals surface area (Å²) >= 11 is 0. The summed E-state index contributed by atoms with van der Waals surface area (Å²) in [5.74, 6) is 1.71. The van der Waals surface area contributed by atoms with Gasteiger partial charge in [0.05, 0.1) is 18.0 Å². The molecule has 0 aromatic heterocycles. The number of nitrogens with one attached hydrogen (secondary N) is 1. The summed E-state index contributed by atoms with van der Waals surface area (Å²) in [6.45, 7) is 5.28. The first kappa shape index (κ1) is 23.7. The summed E-state index contributed by atoms with van der Waals surface area (Å²) in [5, 5.41) is 2.89. The predicted molar refractivity (Wildman–Crippen MR) is 123 cm³/mol. The number of carbonyl (C=O) groups is 1. The molecule has 0 saturated carbocycles. The number of sulfonamides is 1. The summed E-state index contributed by atoms with van der Waals surface area (Å²) in [6.07, 6.45) is 1.72. The van der Waals surface area contributed by atoms with Crippen LogP contribution in [0.25, 0.3) is 0 Å². The van der Waals surface area contributed by atoms with Gasteiger partial charge in [-0.1, -0.05) is 17.7 Å². The molecule has 1 heterocycles. The zero-order valence-corrected chi connectivity index (χ0v) is 19.5. The number of anilines is 1. The molecule has 1 N–H and O–H groups in total. The summed E-state index contributed by atoms with van der Waals surface area (Å²) in [7, 11) is -3.52. The molecule has 0 unspecified atom stereocenters. The van der Waals surface area contributed by atoms with E-state index < -0.39 is 10.0 Å². The smallest absolute Gasteiger partial charge is 0.232 e. The molecule has 0 saturated heterocycles. The third-order valence-corrected chi connectivity index (χ3v) is 6.10. The van der Waals surface area contributed by atoms with Gasteiger partial charge in [0.1, 0.15) is 25.6 Å². The molecule has 1 atom stereocenters. The van der Waals surface area contributed by atoms with Crippen molar-refractivity contribution in [2.45, 2.75) is 32.7 Å². The van der Waals surface area contributed by atoms with E-state index in [4.69, 9.17) is 14.2 Å². The van der Waals surface area contributed by atoms with Crippen molar-refractivity contribution in [1.82, 2.24) is 5.32 Å². The van der Waals surface area contributed by atoms with E-state index >= 15 is 0 Å². The quantitative estimate of drug-likeness (QED) is 0.584. The first-order valence-electron chi connectivity index (χ1n) is 10.6. The Hall–Kier alpha value is -2.94. The maximum Gasteiger partial charge on any atom is 0.232 e. The lowest BCUT2D eigenvalue weighted by Crippen LogP contribution is -2.37. The molecule has 3 rings (SSSR count). The number of hydrogen-bond acceptors (Lipinski definition) is 6. The minimum atomic E-state index is -3.52. The van der Waals surface area contributed by atoms with E-state index in [1.165, 1.54) is 4.31 Å². The molecule has 0 spiro atoms. The van der Waals surface area contributed by atoms with Crippen LogP contribution in [0.5, 0.6) is 17.2 Å². The maximum atomic E-state index is 12.3. The van der Waals surface area contributed by atoms with E-state index in [1.54, 1.807) is 18.2 Å².